The molecule has 0 aliphatic heterocycles. The van der Waals surface area contributed by atoms with E-state index in [1.165, 1.54) is 21.0 Å². The molecule has 50 heavy (non-hydrogen) atoms. The number of benzene rings is 1. The monoisotopic (exact) mass is 709 g/mol. The van der Waals surface area contributed by atoms with Gasteiger partial charge in [0.2, 0.25) is 0 Å². The Morgan fingerprint density at radius 2 is 1.78 bits per heavy atom. The number of hydrogen-bond donors (Lipinski definition) is 2. The zero-order chi connectivity index (χ0) is 35.8. The molecule has 4 aliphatic carbocycles. The molecule has 10 heteroatoms. The molecule has 4 fully saturated rings. The summed E-state index contributed by atoms with van der Waals surface area (Å²) in [6.45, 7) is 11.7. The molecule has 2 aromatic rings. The zero-order valence-electron chi connectivity index (χ0n) is 30.6. The smallest absolute Gasteiger partial charge is 0.305 e. The summed E-state index contributed by atoms with van der Waals surface area (Å²) in [7, 11) is 1.44. The third-order valence-electron chi connectivity index (χ3n) is 13.7. The zero-order valence-corrected chi connectivity index (χ0v) is 31.4. The predicted octanol–water partition coefficient (Wildman–Crippen LogP) is 7.59. The van der Waals surface area contributed by atoms with Crippen LogP contribution in [-0.4, -0.2) is 61.3 Å². The van der Waals surface area contributed by atoms with Gasteiger partial charge >= 0.3 is 17.9 Å². The lowest BCUT2D eigenvalue weighted by molar-refractivity contribution is -0.220. The van der Waals surface area contributed by atoms with Gasteiger partial charge in [0.25, 0.3) is 0 Å². The molecule has 1 aromatic heterocycles. The van der Waals surface area contributed by atoms with Crippen LogP contribution in [0.4, 0.5) is 5.69 Å². The third kappa shape index (κ3) is 7.10. The Labute approximate surface area is 302 Å². The number of rotatable bonds is 11. The van der Waals surface area contributed by atoms with Crippen molar-refractivity contribution in [2.24, 2.45) is 46.3 Å². The maximum Gasteiger partial charge on any atom is 0.305 e. The van der Waals surface area contributed by atoms with E-state index in [1.807, 2.05) is 30.5 Å². The maximum atomic E-state index is 12.7. The normalized spacial score (nSPS) is 35.3. The van der Waals surface area contributed by atoms with Crippen LogP contribution in [0.15, 0.2) is 30.5 Å². The van der Waals surface area contributed by atoms with Crippen molar-refractivity contribution in [3.8, 4) is 0 Å². The van der Waals surface area contributed by atoms with Crippen LogP contribution in [0.1, 0.15) is 92.4 Å². The molecule has 0 spiro atoms. The van der Waals surface area contributed by atoms with Gasteiger partial charge < -0.3 is 24.8 Å². The quantitative estimate of drug-likeness (QED) is 0.138. The number of aromatic nitrogens is 1. The number of ether oxygens (including phenoxy) is 3. The number of nitrogens with zero attached hydrogens (tertiary/aromatic N) is 1. The number of anilines is 1. The Morgan fingerprint density at radius 3 is 2.52 bits per heavy atom. The number of carbonyl (C=O) groups excluding carboxylic acids is 3. The lowest BCUT2D eigenvalue weighted by atomic mass is 9.43. The van der Waals surface area contributed by atoms with Crippen molar-refractivity contribution in [3.63, 3.8) is 0 Å². The van der Waals surface area contributed by atoms with Crippen molar-refractivity contribution < 1.29 is 28.6 Å². The predicted molar refractivity (Wildman–Crippen MR) is 195 cm³/mol. The second-order valence-corrected chi connectivity index (χ2v) is 16.7. The molecule has 1 aromatic carbocycles. The van der Waals surface area contributed by atoms with Gasteiger partial charge in [-0.25, -0.2) is 0 Å². The molecule has 0 radical (unpaired) electrons. The summed E-state index contributed by atoms with van der Waals surface area (Å²) >= 11 is 6.18. The molecular weight excluding hydrogens is 654 g/mol. The van der Waals surface area contributed by atoms with Crippen molar-refractivity contribution in [2.45, 2.75) is 111 Å². The summed E-state index contributed by atoms with van der Waals surface area (Å²) in [5.74, 6) is 1.08. The van der Waals surface area contributed by atoms with Gasteiger partial charge in [-0.15, -0.1) is 0 Å². The highest BCUT2D eigenvalue weighted by Crippen LogP contribution is 2.69. The molecule has 4 saturated carbocycles. The Balaban J connectivity index is 1.17. The highest BCUT2D eigenvalue weighted by Gasteiger charge is 2.67. The third-order valence-corrected chi connectivity index (χ3v) is 14.0. The van der Waals surface area contributed by atoms with Crippen molar-refractivity contribution in [3.05, 3.63) is 35.5 Å². The average molecular weight is 710 g/mol. The fourth-order valence-electron chi connectivity index (χ4n) is 11.4. The van der Waals surface area contributed by atoms with E-state index in [0.29, 0.717) is 29.3 Å². The number of halogens is 1. The molecule has 274 valence electrons. The lowest BCUT2D eigenvalue weighted by Gasteiger charge is -2.64. The van der Waals surface area contributed by atoms with E-state index in [4.69, 9.17) is 25.8 Å². The fourth-order valence-corrected chi connectivity index (χ4v) is 11.6. The Hall–Kier alpha value is -2.91. The van der Waals surface area contributed by atoms with Crippen LogP contribution in [-0.2, 0) is 28.6 Å². The standard InChI is InChI=1S/C40H56ClN3O6/c1-23(7-12-37(47)48-6)30-10-11-31-38-32(22-36(40(30,31)5)50-25(3)46)39(4)15-13-28(19-26(39)20-35(38)49-24(2)45)42-17-18-44-33-14-16-43-34-21-27(41)8-9-29(33)34/h8-9,14,16,21,23,26,28,30-32,35-36,38,42H,7,10-13,15,17-20,22H2,1-6H3,(H,43,44)/t23?,26-,28-,30?,31?,32?,35+,36-,38?,39-,40+/m0/s1. The van der Waals surface area contributed by atoms with E-state index < -0.39 is 0 Å². The van der Waals surface area contributed by atoms with Crippen molar-refractivity contribution >= 4 is 46.1 Å². The first kappa shape index (κ1) is 36.9. The van der Waals surface area contributed by atoms with Gasteiger partial charge in [0.05, 0.1) is 12.6 Å². The number of pyridine rings is 1. The minimum Gasteiger partial charge on any atom is -0.469 e. The van der Waals surface area contributed by atoms with Crippen LogP contribution in [0.3, 0.4) is 0 Å². The average Bonchev–Trinajstić information content (AvgIpc) is 3.43. The van der Waals surface area contributed by atoms with E-state index in [2.05, 4.69) is 36.4 Å². The van der Waals surface area contributed by atoms with E-state index in [0.717, 1.165) is 81.0 Å². The number of carbonyl (C=O) groups is 3. The van der Waals surface area contributed by atoms with Gasteiger partial charge in [-0.1, -0.05) is 32.4 Å². The van der Waals surface area contributed by atoms with E-state index >= 15 is 0 Å². The fraction of sp³-hybridized carbons (Fsp3) is 0.700. The summed E-state index contributed by atoms with van der Waals surface area (Å²) in [6.07, 6.45) is 9.44. The highest BCUT2D eigenvalue weighted by molar-refractivity contribution is 6.31. The topological polar surface area (TPSA) is 116 Å². The molecule has 6 rings (SSSR count). The Morgan fingerprint density at radius 1 is 1.00 bits per heavy atom. The number of fused-ring (bicyclic) bond motifs is 6. The molecule has 0 bridgehead atoms. The van der Waals surface area contributed by atoms with Crippen LogP contribution in [0.2, 0.25) is 5.02 Å². The van der Waals surface area contributed by atoms with Gasteiger partial charge in [0, 0.05) is 73.0 Å². The number of nitrogens with one attached hydrogen (secondary N) is 2. The first-order valence-corrected chi connectivity index (χ1v) is 19.2. The molecule has 9 nitrogen and oxygen atoms in total. The molecule has 0 amide bonds. The van der Waals surface area contributed by atoms with Gasteiger partial charge in [-0.05, 0) is 111 Å². The molecule has 1 heterocycles. The van der Waals surface area contributed by atoms with E-state index in [9.17, 15) is 14.4 Å². The van der Waals surface area contributed by atoms with E-state index in [1.54, 1.807) is 0 Å². The SMILES string of the molecule is COC(=O)CCC(C)C1CCC2C3C(C[C@H](OC(C)=O)[C@]12C)[C@@]1(C)CC[C@H](NCCNc2ccnc4cc(Cl)ccc24)C[C@H]1C[C@H]3OC(C)=O. The largest absolute Gasteiger partial charge is 0.469 e. The van der Waals surface area contributed by atoms with Gasteiger partial charge in [0.1, 0.15) is 12.2 Å². The second kappa shape index (κ2) is 15.0. The molecule has 0 saturated heterocycles. The number of hydrogen-bond acceptors (Lipinski definition) is 9. The molecular formula is C40H56ClN3O6. The number of esters is 3. The first-order valence-electron chi connectivity index (χ1n) is 18.8. The highest BCUT2D eigenvalue weighted by atomic mass is 35.5. The summed E-state index contributed by atoms with van der Waals surface area (Å²) in [5.41, 5.74) is 1.72. The van der Waals surface area contributed by atoms with Crippen LogP contribution in [0, 0.1) is 46.3 Å². The summed E-state index contributed by atoms with van der Waals surface area (Å²) in [5, 5.41) is 9.15. The van der Waals surface area contributed by atoms with Crippen LogP contribution in [0.25, 0.3) is 10.9 Å². The van der Waals surface area contributed by atoms with Crippen LogP contribution < -0.4 is 10.6 Å². The van der Waals surface area contributed by atoms with Crippen molar-refractivity contribution in [2.75, 3.05) is 25.5 Å². The van der Waals surface area contributed by atoms with Gasteiger partial charge in [0.15, 0.2) is 0 Å². The Kier molecular flexibility index (Phi) is 11.0. The molecule has 11 atom stereocenters. The maximum absolute atomic E-state index is 12.7. The van der Waals surface area contributed by atoms with Gasteiger partial charge in [-0.3, -0.25) is 19.4 Å². The summed E-state index contributed by atoms with van der Waals surface area (Å²) < 4.78 is 17.6. The van der Waals surface area contributed by atoms with Crippen LogP contribution >= 0.6 is 11.6 Å². The molecule has 2 N–H and O–H groups in total. The minimum atomic E-state index is -0.262. The lowest BCUT2D eigenvalue weighted by Crippen LogP contribution is -2.64. The second-order valence-electron chi connectivity index (χ2n) is 16.2. The van der Waals surface area contributed by atoms with Crippen molar-refractivity contribution in [1.29, 1.82) is 0 Å². The van der Waals surface area contributed by atoms with Crippen molar-refractivity contribution in [1.82, 2.24) is 10.3 Å². The first-order chi connectivity index (χ1) is 23.8. The molecule has 4 aliphatic rings. The summed E-state index contributed by atoms with van der Waals surface area (Å²) in [6, 6.07) is 8.17. The van der Waals surface area contributed by atoms with E-state index in [-0.39, 0.29) is 64.6 Å². The minimum absolute atomic E-state index is 0.0588. The summed E-state index contributed by atoms with van der Waals surface area (Å²) in [4.78, 5) is 41.8. The van der Waals surface area contributed by atoms with Gasteiger partial charge in [-0.2, -0.15) is 0 Å². The Bertz CT molecular complexity index is 1570. The number of methoxy groups -OCH3 is 1. The van der Waals surface area contributed by atoms with Crippen LogP contribution in [0.5, 0.6) is 0 Å². The molecule has 5 unspecified atom stereocenters.